The second-order valence-electron chi connectivity index (χ2n) is 6.78. The number of halogens is 7. The maximum Gasteiger partial charge on any atom is 0.401 e. The highest BCUT2D eigenvalue weighted by molar-refractivity contribution is 14.0. The monoisotopic (exact) mass is 517 g/mol. The van der Waals surface area contributed by atoms with Gasteiger partial charge in [0.25, 0.3) is 0 Å². The molecule has 5 nitrogen and oxygen atoms in total. The molecule has 160 valence electrons. The third-order valence-electron chi connectivity index (χ3n) is 4.35. The van der Waals surface area contributed by atoms with E-state index in [4.69, 9.17) is 0 Å². The first-order chi connectivity index (χ1) is 12.0. The number of nitrogens with one attached hydrogen (secondary N) is 2. The molecular formula is C15H26F6IN5. The molecule has 2 saturated heterocycles. The van der Waals surface area contributed by atoms with Crippen LogP contribution in [0.2, 0.25) is 0 Å². The molecule has 2 aliphatic rings. The van der Waals surface area contributed by atoms with Crippen molar-refractivity contribution in [1.82, 2.24) is 20.4 Å². The second kappa shape index (κ2) is 10.3. The van der Waals surface area contributed by atoms with Crippen LogP contribution in [0.3, 0.4) is 0 Å². The van der Waals surface area contributed by atoms with Gasteiger partial charge in [-0.3, -0.25) is 14.8 Å². The summed E-state index contributed by atoms with van der Waals surface area (Å²) in [5.41, 5.74) is 0. The predicted molar refractivity (Wildman–Crippen MR) is 101 cm³/mol. The van der Waals surface area contributed by atoms with Crippen molar-refractivity contribution in [3.63, 3.8) is 0 Å². The summed E-state index contributed by atoms with van der Waals surface area (Å²) >= 11 is 0. The molecule has 2 atom stereocenters. The van der Waals surface area contributed by atoms with Crippen LogP contribution in [-0.4, -0.2) is 86.0 Å². The molecule has 2 fully saturated rings. The summed E-state index contributed by atoms with van der Waals surface area (Å²) in [6.45, 7) is 1.62. The summed E-state index contributed by atoms with van der Waals surface area (Å²) in [7, 11) is 0. The number of likely N-dealkylation sites (tertiary alicyclic amines) is 2. The Morgan fingerprint density at radius 2 is 1.30 bits per heavy atom. The number of hydrogen-bond acceptors (Lipinski definition) is 3. The van der Waals surface area contributed by atoms with E-state index in [9.17, 15) is 26.3 Å². The normalized spacial score (nSPS) is 24.6. The molecule has 0 bridgehead atoms. The first-order valence-electron chi connectivity index (χ1n) is 8.70. The fourth-order valence-corrected chi connectivity index (χ4v) is 3.37. The molecular weight excluding hydrogens is 491 g/mol. The van der Waals surface area contributed by atoms with Gasteiger partial charge in [0.2, 0.25) is 0 Å². The minimum Gasteiger partial charge on any atom is -0.352 e. The lowest BCUT2D eigenvalue weighted by Gasteiger charge is -2.22. The van der Waals surface area contributed by atoms with Crippen molar-refractivity contribution in [1.29, 1.82) is 0 Å². The Bertz CT molecular complexity index is 446. The molecule has 2 N–H and O–H groups in total. The fraction of sp³-hybridized carbons (Fsp3) is 0.933. The van der Waals surface area contributed by atoms with Crippen molar-refractivity contribution in [2.45, 2.75) is 44.2 Å². The third kappa shape index (κ3) is 9.50. The molecule has 2 unspecified atom stereocenters. The summed E-state index contributed by atoms with van der Waals surface area (Å²) < 4.78 is 74.8. The highest BCUT2D eigenvalue weighted by Crippen LogP contribution is 2.21. The zero-order valence-electron chi connectivity index (χ0n) is 15.0. The van der Waals surface area contributed by atoms with E-state index >= 15 is 0 Å². The Balaban J connectivity index is 0.00000364. The lowest BCUT2D eigenvalue weighted by Crippen LogP contribution is -2.49. The summed E-state index contributed by atoms with van der Waals surface area (Å²) in [5, 5.41) is 6.22. The molecule has 27 heavy (non-hydrogen) atoms. The number of hydrogen-bond donors (Lipinski definition) is 2. The van der Waals surface area contributed by atoms with Crippen LogP contribution in [0.25, 0.3) is 0 Å². The maximum absolute atomic E-state index is 12.5. The average Bonchev–Trinajstić information content (AvgIpc) is 3.05. The first-order valence-corrected chi connectivity index (χ1v) is 8.70. The predicted octanol–water partition coefficient (Wildman–Crippen LogP) is 2.43. The SMILES string of the molecule is CCN=C(NC1CCN(CC(F)(F)F)C1)NC1CCN(CC(F)(F)F)C1.I. The van der Waals surface area contributed by atoms with Gasteiger partial charge in [-0.05, 0) is 19.8 Å². The molecule has 12 heteroatoms. The van der Waals surface area contributed by atoms with Gasteiger partial charge in [-0.15, -0.1) is 24.0 Å². The molecule has 0 aromatic heterocycles. The molecule has 0 amide bonds. The van der Waals surface area contributed by atoms with Gasteiger partial charge < -0.3 is 10.6 Å². The Morgan fingerprint density at radius 3 is 1.63 bits per heavy atom. The maximum atomic E-state index is 12.5. The van der Waals surface area contributed by atoms with Crippen LogP contribution in [0.5, 0.6) is 0 Å². The Hall–Kier alpha value is -0.500. The van der Waals surface area contributed by atoms with Crippen LogP contribution in [0.15, 0.2) is 4.99 Å². The number of nitrogens with zero attached hydrogens (tertiary/aromatic N) is 3. The summed E-state index contributed by atoms with van der Waals surface area (Å²) in [4.78, 5) is 6.93. The molecule has 0 spiro atoms. The Labute approximate surface area is 171 Å². The number of guanidine groups is 1. The number of aliphatic imine (C=N–C) groups is 1. The minimum absolute atomic E-state index is 0. The molecule has 2 rings (SSSR count). The van der Waals surface area contributed by atoms with Crippen LogP contribution < -0.4 is 10.6 Å². The fourth-order valence-electron chi connectivity index (χ4n) is 3.37. The first kappa shape index (κ1) is 24.5. The summed E-state index contributed by atoms with van der Waals surface area (Å²) in [6, 6.07) is -0.328. The highest BCUT2D eigenvalue weighted by Gasteiger charge is 2.36. The van der Waals surface area contributed by atoms with E-state index in [0.717, 1.165) is 0 Å². The van der Waals surface area contributed by atoms with Crippen LogP contribution in [0, 0.1) is 0 Å². The lowest BCUT2D eigenvalue weighted by molar-refractivity contribution is -0.144. The minimum atomic E-state index is -4.22. The van der Waals surface area contributed by atoms with Gasteiger partial charge in [-0.2, -0.15) is 26.3 Å². The second-order valence-corrected chi connectivity index (χ2v) is 6.78. The molecule has 0 aliphatic carbocycles. The smallest absolute Gasteiger partial charge is 0.352 e. The molecule has 0 aromatic rings. The van der Waals surface area contributed by atoms with E-state index in [1.807, 2.05) is 6.92 Å². The molecule has 0 aromatic carbocycles. The van der Waals surface area contributed by atoms with E-state index < -0.39 is 25.4 Å². The molecule has 2 aliphatic heterocycles. The van der Waals surface area contributed by atoms with Crippen molar-refractivity contribution in [2.75, 3.05) is 45.8 Å². The van der Waals surface area contributed by atoms with Crippen LogP contribution in [0.1, 0.15) is 19.8 Å². The van der Waals surface area contributed by atoms with E-state index in [1.54, 1.807) is 0 Å². The Morgan fingerprint density at radius 1 is 0.889 bits per heavy atom. The standard InChI is InChI=1S/C15H25F6N5.HI/c1-2-22-13(23-11-3-5-25(7-11)9-14(16,17)18)24-12-4-6-26(8-12)10-15(19,20)21;/h11-12H,2-10H2,1H3,(H2,22,23,24);1H. The molecule has 0 saturated carbocycles. The Kier molecular flexibility index (Phi) is 9.38. The van der Waals surface area contributed by atoms with Gasteiger partial charge in [-0.1, -0.05) is 0 Å². The van der Waals surface area contributed by atoms with Crippen molar-refractivity contribution >= 4 is 29.9 Å². The van der Waals surface area contributed by atoms with Crippen molar-refractivity contribution in [3.05, 3.63) is 0 Å². The molecule has 0 radical (unpaired) electrons. The van der Waals surface area contributed by atoms with Gasteiger partial charge in [0.15, 0.2) is 5.96 Å². The van der Waals surface area contributed by atoms with Crippen LogP contribution >= 0.6 is 24.0 Å². The summed E-state index contributed by atoms with van der Waals surface area (Å²) in [6.07, 6.45) is -7.32. The van der Waals surface area contributed by atoms with Gasteiger partial charge in [0, 0.05) is 44.8 Å². The van der Waals surface area contributed by atoms with Gasteiger partial charge in [0.1, 0.15) is 0 Å². The lowest BCUT2D eigenvalue weighted by atomic mass is 10.2. The average molecular weight is 517 g/mol. The third-order valence-corrected chi connectivity index (χ3v) is 4.35. The summed E-state index contributed by atoms with van der Waals surface area (Å²) in [5.74, 6) is 0.449. The van der Waals surface area contributed by atoms with Crippen LogP contribution in [0.4, 0.5) is 26.3 Å². The topological polar surface area (TPSA) is 42.9 Å². The molecule has 2 heterocycles. The van der Waals surface area contributed by atoms with Crippen molar-refractivity contribution in [3.8, 4) is 0 Å². The van der Waals surface area contributed by atoms with E-state index in [2.05, 4.69) is 15.6 Å². The number of rotatable bonds is 5. The zero-order chi connectivity index (χ0) is 19.4. The van der Waals surface area contributed by atoms with E-state index in [-0.39, 0.29) is 49.1 Å². The van der Waals surface area contributed by atoms with E-state index in [1.165, 1.54) is 9.80 Å². The van der Waals surface area contributed by atoms with E-state index in [0.29, 0.717) is 38.4 Å². The van der Waals surface area contributed by atoms with Gasteiger partial charge >= 0.3 is 12.4 Å². The largest absolute Gasteiger partial charge is 0.401 e. The van der Waals surface area contributed by atoms with Crippen molar-refractivity contribution < 1.29 is 26.3 Å². The number of alkyl halides is 6. The van der Waals surface area contributed by atoms with Crippen LogP contribution in [-0.2, 0) is 0 Å². The quantitative estimate of drug-likeness (QED) is 0.255. The highest BCUT2D eigenvalue weighted by atomic mass is 127. The van der Waals surface area contributed by atoms with Crippen molar-refractivity contribution in [2.24, 2.45) is 4.99 Å². The van der Waals surface area contributed by atoms with Gasteiger partial charge in [-0.25, -0.2) is 0 Å². The zero-order valence-corrected chi connectivity index (χ0v) is 17.4. The van der Waals surface area contributed by atoms with Gasteiger partial charge in [0.05, 0.1) is 13.1 Å².